The van der Waals surface area contributed by atoms with Crippen molar-refractivity contribution in [3.8, 4) is 17.5 Å². The van der Waals surface area contributed by atoms with Crippen LogP contribution < -0.4 is 20.7 Å². The molecule has 13 heteroatoms. The third-order valence-corrected chi connectivity index (χ3v) is 6.11. The Morgan fingerprint density at radius 3 is 2.42 bits per heavy atom. The molecule has 202 valence electrons. The van der Waals surface area contributed by atoms with E-state index >= 15 is 0 Å². The third kappa shape index (κ3) is 6.03. The predicted molar refractivity (Wildman–Crippen MR) is 134 cm³/mol. The number of hydrogen-bond donors (Lipinski definition) is 1. The number of halogens is 4. The lowest BCUT2D eigenvalue weighted by atomic mass is 10.2. The quantitative estimate of drug-likeness (QED) is 0.329. The van der Waals surface area contributed by atoms with Crippen molar-refractivity contribution >= 4 is 22.8 Å². The van der Waals surface area contributed by atoms with Crippen molar-refractivity contribution in [2.45, 2.75) is 45.3 Å². The Morgan fingerprint density at radius 2 is 1.76 bits per heavy atom. The molecule has 0 aliphatic heterocycles. The maximum absolute atomic E-state index is 13.5. The number of aliphatic hydroxyl groups is 1. The van der Waals surface area contributed by atoms with E-state index in [9.17, 15) is 27.9 Å². The number of ether oxygens (including phenoxy) is 2. The van der Waals surface area contributed by atoms with Crippen LogP contribution in [-0.4, -0.2) is 36.3 Å². The Hall–Kier alpha value is -3.77. The zero-order valence-corrected chi connectivity index (χ0v) is 21.2. The number of benzene rings is 2. The number of rotatable bonds is 9. The summed E-state index contributed by atoms with van der Waals surface area (Å²) in [6, 6.07) is 11.5. The first-order valence-electron chi connectivity index (χ1n) is 11.6. The van der Waals surface area contributed by atoms with Gasteiger partial charge in [0.25, 0.3) is 5.56 Å². The third-order valence-electron chi connectivity index (χ3n) is 5.86. The lowest BCUT2D eigenvalue weighted by Gasteiger charge is -2.13. The molecule has 2 heterocycles. The number of nitrogens with zero attached hydrogens (tertiary/aromatic N) is 4. The summed E-state index contributed by atoms with van der Waals surface area (Å²) >= 11 is 6.00. The lowest BCUT2D eigenvalue weighted by Crippen LogP contribution is -2.40. The van der Waals surface area contributed by atoms with Crippen molar-refractivity contribution in [2.24, 2.45) is 7.05 Å². The molecule has 9 nitrogen and oxygen atoms in total. The van der Waals surface area contributed by atoms with Gasteiger partial charge in [-0.3, -0.25) is 18.5 Å². The normalized spacial score (nSPS) is 12.6. The Bertz CT molecular complexity index is 1560. The number of aromatic nitrogens is 4. The Labute approximate surface area is 219 Å². The van der Waals surface area contributed by atoms with E-state index in [2.05, 4.69) is 9.72 Å². The maximum atomic E-state index is 13.5. The van der Waals surface area contributed by atoms with E-state index in [1.807, 2.05) is 0 Å². The van der Waals surface area contributed by atoms with Gasteiger partial charge in [-0.05, 0) is 42.7 Å². The Balaban J connectivity index is 1.85. The molecule has 0 aliphatic rings. The predicted octanol–water partition coefficient (Wildman–Crippen LogP) is 4.45. The topological polar surface area (TPSA) is 101 Å². The van der Waals surface area contributed by atoms with Gasteiger partial charge < -0.3 is 14.6 Å². The molecule has 0 spiro atoms. The molecule has 2 aromatic heterocycles. The van der Waals surface area contributed by atoms with E-state index in [1.54, 1.807) is 31.2 Å². The van der Waals surface area contributed by atoms with Crippen molar-refractivity contribution in [1.29, 1.82) is 0 Å². The van der Waals surface area contributed by atoms with Gasteiger partial charge in [0.15, 0.2) is 11.2 Å². The van der Waals surface area contributed by atoms with Crippen LogP contribution in [0.15, 0.2) is 58.1 Å². The van der Waals surface area contributed by atoms with Gasteiger partial charge in [0.2, 0.25) is 0 Å². The SMILES string of the molecule is CCC(O)CCn1c(=O)c2c(nc(Oc3cccc(OC(F)(F)F)c3)n2Cc2ccc(Cl)cc2)n(C)c1=O. The molecule has 1 atom stereocenters. The second-order valence-electron chi connectivity index (χ2n) is 8.55. The average molecular weight is 553 g/mol. The molecular formula is C25H24ClF3N4O5. The fourth-order valence-corrected chi connectivity index (χ4v) is 3.99. The zero-order chi connectivity index (χ0) is 27.6. The van der Waals surface area contributed by atoms with Crippen LogP contribution in [-0.2, 0) is 20.1 Å². The van der Waals surface area contributed by atoms with Crippen molar-refractivity contribution in [3.05, 3.63) is 80.0 Å². The molecule has 0 bridgehead atoms. The zero-order valence-electron chi connectivity index (χ0n) is 20.4. The first-order valence-corrected chi connectivity index (χ1v) is 12.0. The summed E-state index contributed by atoms with van der Waals surface area (Å²) in [6.07, 6.45) is -4.93. The second-order valence-corrected chi connectivity index (χ2v) is 8.99. The van der Waals surface area contributed by atoms with Gasteiger partial charge in [0, 0.05) is 24.7 Å². The van der Waals surface area contributed by atoms with Crippen molar-refractivity contribution in [2.75, 3.05) is 0 Å². The van der Waals surface area contributed by atoms with Gasteiger partial charge >= 0.3 is 18.1 Å². The molecule has 0 aliphatic carbocycles. The van der Waals surface area contributed by atoms with E-state index in [0.717, 1.165) is 16.7 Å². The highest BCUT2D eigenvalue weighted by atomic mass is 35.5. The molecule has 0 amide bonds. The van der Waals surface area contributed by atoms with Crippen LogP contribution in [0, 0.1) is 0 Å². The van der Waals surface area contributed by atoms with Crippen LogP contribution in [0.3, 0.4) is 0 Å². The Morgan fingerprint density at radius 1 is 1.08 bits per heavy atom. The highest BCUT2D eigenvalue weighted by Gasteiger charge is 2.31. The summed E-state index contributed by atoms with van der Waals surface area (Å²) in [5.74, 6) is -0.532. The van der Waals surface area contributed by atoms with Crippen LogP contribution in [0.2, 0.25) is 5.02 Å². The number of fused-ring (bicyclic) bond motifs is 1. The van der Waals surface area contributed by atoms with Gasteiger partial charge in [0.05, 0.1) is 12.6 Å². The van der Waals surface area contributed by atoms with Crippen LogP contribution in [0.4, 0.5) is 13.2 Å². The van der Waals surface area contributed by atoms with Crippen LogP contribution in [0.1, 0.15) is 25.3 Å². The van der Waals surface area contributed by atoms with Gasteiger partial charge in [-0.25, -0.2) is 4.79 Å². The molecule has 4 aromatic rings. The minimum atomic E-state index is -4.89. The first kappa shape index (κ1) is 27.3. The van der Waals surface area contributed by atoms with E-state index in [0.29, 0.717) is 17.0 Å². The second kappa shape index (κ2) is 10.9. The molecule has 38 heavy (non-hydrogen) atoms. The van der Waals surface area contributed by atoms with Gasteiger partial charge in [-0.1, -0.05) is 36.7 Å². The van der Waals surface area contributed by atoms with E-state index < -0.39 is 29.5 Å². The molecule has 0 radical (unpaired) electrons. The molecule has 1 N–H and O–H groups in total. The average Bonchev–Trinajstić information content (AvgIpc) is 3.20. The number of aliphatic hydroxyl groups excluding tert-OH is 1. The Kier molecular flexibility index (Phi) is 7.83. The monoisotopic (exact) mass is 552 g/mol. The van der Waals surface area contributed by atoms with Crippen LogP contribution >= 0.6 is 11.6 Å². The summed E-state index contributed by atoms with van der Waals surface area (Å²) in [5.41, 5.74) is -0.482. The van der Waals surface area contributed by atoms with Gasteiger partial charge in [-0.2, -0.15) is 4.98 Å². The maximum Gasteiger partial charge on any atom is 0.573 e. The largest absolute Gasteiger partial charge is 0.573 e. The summed E-state index contributed by atoms with van der Waals surface area (Å²) < 4.78 is 51.5. The highest BCUT2D eigenvalue weighted by molar-refractivity contribution is 6.30. The van der Waals surface area contributed by atoms with Crippen molar-refractivity contribution in [1.82, 2.24) is 18.7 Å². The number of hydrogen-bond acceptors (Lipinski definition) is 6. The molecule has 2 aromatic carbocycles. The van der Waals surface area contributed by atoms with Gasteiger partial charge in [-0.15, -0.1) is 13.2 Å². The summed E-state index contributed by atoms with van der Waals surface area (Å²) in [6.45, 7) is 1.84. The van der Waals surface area contributed by atoms with Crippen LogP contribution in [0.25, 0.3) is 11.2 Å². The summed E-state index contributed by atoms with van der Waals surface area (Å²) in [5, 5.41) is 10.5. The molecule has 0 saturated heterocycles. The van der Waals surface area contributed by atoms with Crippen molar-refractivity contribution < 1.29 is 27.8 Å². The molecule has 1 unspecified atom stereocenters. The summed E-state index contributed by atoms with van der Waals surface area (Å²) in [7, 11) is 1.44. The fourth-order valence-electron chi connectivity index (χ4n) is 3.87. The lowest BCUT2D eigenvalue weighted by molar-refractivity contribution is -0.274. The minimum absolute atomic E-state index is 0.0183. The summed E-state index contributed by atoms with van der Waals surface area (Å²) in [4.78, 5) is 30.9. The first-order chi connectivity index (χ1) is 18.0. The number of imidazole rings is 1. The standard InChI is InChI=1S/C25H24ClF3N4O5/c1-3-17(34)11-12-32-22(35)20-21(31(2)24(32)36)30-23(33(20)14-15-7-9-16(26)10-8-15)37-18-5-4-6-19(13-18)38-25(27,28)29/h4-10,13,17,34H,3,11-12,14H2,1-2H3. The molecule has 4 rings (SSSR count). The molecule has 0 fully saturated rings. The van der Waals surface area contributed by atoms with Crippen molar-refractivity contribution in [3.63, 3.8) is 0 Å². The molecule has 0 saturated carbocycles. The number of aryl methyl sites for hydroxylation is 1. The highest BCUT2D eigenvalue weighted by Crippen LogP contribution is 2.30. The van der Waals surface area contributed by atoms with Gasteiger partial charge in [0.1, 0.15) is 11.5 Å². The van der Waals surface area contributed by atoms with Crippen LogP contribution in [0.5, 0.6) is 17.5 Å². The molecular weight excluding hydrogens is 529 g/mol. The fraction of sp³-hybridized carbons (Fsp3) is 0.320. The minimum Gasteiger partial charge on any atom is -0.425 e. The smallest absolute Gasteiger partial charge is 0.425 e. The van der Waals surface area contributed by atoms with E-state index in [4.69, 9.17) is 16.3 Å². The number of alkyl halides is 3. The van der Waals surface area contributed by atoms with E-state index in [1.165, 1.54) is 28.3 Å². The van der Waals surface area contributed by atoms with E-state index in [-0.39, 0.29) is 42.4 Å².